The van der Waals surface area contributed by atoms with Crippen molar-refractivity contribution in [1.29, 1.82) is 0 Å². The Bertz CT molecular complexity index is 707. The van der Waals surface area contributed by atoms with Gasteiger partial charge in [0.1, 0.15) is 11.4 Å². The molecule has 0 unspecified atom stereocenters. The van der Waals surface area contributed by atoms with E-state index in [9.17, 15) is 9.59 Å². The quantitative estimate of drug-likeness (QED) is 0.909. The van der Waals surface area contributed by atoms with Crippen LogP contribution in [0.3, 0.4) is 0 Å². The van der Waals surface area contributed by atoms with Crippen LogP contribution in [0.4, 0.5) is 0 Å². The van der Waals surface area contributed by atoms with Gasteiger partial charge in [-0.25, -0.2) is 4.79 Å². The van der Waals surface area contributed by atoms with Crippen molar-refractivity contribution in [2.24, 2.45) is 0 Å². The molecule has 0 aliphatic heterocycles. The summed E-state index contributed by atoms with van der Waals surface area (Å²) in [5, 5.41) is 9.12. The molecule has 20 heavy (non-hydrogen) atoms. The van der Waals surface area contributed by atoms with Gasteiger partial charge in [0, 0.05) is 23.9 Å². The monoisotopic (exact) mass is 274 g/mol. The van der Waals surface area contributed by atoms with Crippen molar-refractivity contribution in [3.63, 3.8) is 0 Å². The van der Waals surface area contributed by atoms with Crippen molar-refractivity contribution in [2.75, 3.05) is 7.11 Å². The van der Waals surface area contributed by atoms with Gasteiger partial charge >= 0.3 is 5.97 Å². The summed E-state index contributed by atoms with van der Waals surface area (Å²) in [5.74, 6) is -0.532. The maximum atomic E-state index is 11.8. The molecule has 2 heterocycles. The lowest BCUT2D eigenvalue weighted by atomic mass is 10.2. The molecule has 6 heteroatoms. The van der Waals surface area contributed by atoms with Crippen LogP contribution < -0.4 is 10.3 Å². The number of rotatable bonds is 4. The maximum Gasteiger partial charge on any atom is 0.352 e. The second-order valence-electron chi connectivity index (χ2n) is 4.28. The highest BCUT2D eigenvalue weighted by Crippen LogP contribution is 2.14. The molecule has 0 amide bonds. The lowest BCUT2D eigenvalue weighted by Crippen LogP contribution is -2.25. The van der Waals surface area contributed by atoms with Crippen LogP contribution in [-0.2, 0) is 6.54 Å². The Hall–Kier alpha value is -2.63. The minimum atomic E-state index is -1.15. The maximum absolute atomic E-state index is 11.8. The van der Waals surface area contributed by atoms with E-state index in [0.29, 0.717) is 11.4 Å². The largest absolute Gasteiger partial charge is 0.497 e. The van der Waals surface area contributed by atoms with Gasteiger partial charge < -0.3 is 9.84 Å². The van der Waals surface area contributed by atoms with Gasteiger partial charge in [0.15, 0.2) is 0 Å². The molecule has 0 atom stereocenters. The Balaban J connectivity index is 2.47. The van der Waals surface area contributed by atoms with Crippen molar-refractivity contribution in [3.8, 4) is 5.75 Å². The first-order valence-electron chi connectivity index (χ1n) is 5.96. The Morgan fingerprint density at radius 2 is 2.15 bits per heavy atom. The number of aromatic carboxylic acids is 1. The molecular weight excluding hydrogens is 260 g/mol. The average Bonchev–Trinajstić information content (AvgIpc) is 2.40. The molecule has 1 N–H and O–H groups in total. The standard InChI is InChI=1S/C14H14N2O4/c1-9-6-11(20-2)7-10(15-9)8-16-12(14(18)19)4-3-5-13(16)17/h3-7H,8H2,1-2H3,(H,18,19). The summed E-state index contributed by atoms with van der Waals surface area (Å²) in [6.45, 7) is 1.89. The van der Waals surface area contributed by atoms with E-state index in [4.69, 9.17) is 9.84 Å². The molecule has 104 valence electrons. The summed E-state index contributed by atoms with van der Waals surface area (Å²) < 4.78 is 6.31. The number of pyridine rings is 2. The third kappa shape index (κ3) is 2.85. The zero-order chi connectivity index (χ0) is 14.7. The fourth-order valence-corrected chi connectivity index (χ4v) is 1.93. The minimum absolute atomic E-state index is 0.0697. The highest BCUT2D eigenvalue weighted by atomic mass is 16.5. The van der Waals surface area contributed by atoms with Crippen molar-refractivity contribution >= 4 is 5.97 Å². The second-order valence-corrected chi connectivity index (χ2v) is 4.28. The molecule has 0 radical (unpaired) electrons. The van der Waals surface area contributed by atoms with Gasteiger partial charge in [-0.2, -0.15) is 0 Å². The molecule has 2 aromatic heterocycles. The number of hydrogen-bond donors (Lipinski definition) is 1. The molecule has 0 fully saturated rings. The molecule has 6 nitrogen and oxygen atoms in total. The summed E-state index contributed by atoms with van der Waals surface area (Å²) >= 11 is 0. The van der Waals surface area contributed by atoms with E-state index < -0.39 is 5.97 Å². The predicted molar refractivity (Wildman–Crippen MR) is 72.3 cm³/mol. The second kappa shape index (κ2) is 5.56. The summed E-state index contributed by atoms with van der Waals surface area (Å²) in [6.07, 6.45) is 0. The van der Waals surface area contributed by atoms with Gasteiger partial charge in [0.2, 0.25) is 0 Å². The third-order valence-electron chi connectivity index (χ3n) is 2.80. The van der Waals surface area contributed by atoms with E-state index in [-0.39, 0.29) is 17.8 Å². The van der Waals surface area contributed by atoms with Gasteiger partial charge in [-0.1, -0.05) is 6.07 Å². The highest BCUT2D eigenvalue weighted by molar-refractivity contribution is 5.85. The Kier molecular flexibility index (Phi) is 3.84. The SMILES string of the molecule is COc1cc(C)nc(Cn2c(C(=O)O)cccc2=O)c1. The molecule has 0 aromatic carbocycles. The third-order valence-corrected chi connectivity index (χ3v) is 2.80. The Labute approximate surface area is 115 Å². The Morgan fingerprint density at radius 1 is 1.40 bits per heavy atom. The van der Waals surface area contributed by atoms with E-state index in [2.05, 4.69) is 4.98 Å². The summed E-state index contributed by atoms with van der Waals surface area (Å²) in [5.41, 5.74) is 0.852. The van der Waals surface area contributed by atoms with Crippen molar-refractivity contribution in [1.82, 2.24) is 9.55 Å². The van der Waals surface area contributed by atoms with Crippen LogP contribution in [0.2, 0.25) is 0 Å². The van der Waals surface area contributed by atoms with Gasteiger partial charge in [-0.05, 0) is 13.0 Å². The summed E-state index contributed by atoms with van der Waals surface area (Å²) in [4.78, 5) is 27.3. The van der Waals surface area contributed by atoms with Crippen LogP contribution >= 0.6 is 0 Å². The van der Waals surface area contributed by atoms with E-state index in [1.54, 1.807) is 19.1 Å². The zero-order valence-electron chi connectivity index (χ0n) is 11.2. The van der Waals surface area contributed by atoms with Crippen LogP contribution in [0.1, 0.15) is 21.9 Å². The molecule has 2 aromatic rings. The number of ether oxygens (including phenoxy) is 1. The Morgan fingerprint density at radius 3 is 2.80 bits per heavy atom. The first-order valence-corrected chi connectivity index (χ1v) is 5.96. The van der Waals surface area contributed by atoms with E-state index in [0.717, 1.165) is 5.69 Å². The molecular formula is C14H14N2O4. The van der Waals surface area contributed by atoms with Gasteiger partial charge in [0.25, 0.3) is 5.56 Å². The van der Waals surface area contributed by atoms with Crippen molar-refractivity contribution in [2.45, 2.75) is 13.5 Å². The van der Waals surface area contributed by atoms with Crippen molar-refractivity contribution < 1.29 is 14.6 Å². The number of nitrogens with zero attached hydrogens (tertiary/aromatic N) is 2. The first-order chi connectivity index (χ1) is 9.51. The average molecular weight is 274 g/mol. The number of aryl methyl sites for hydroxylation is 1. The lowest BCUT2D eigenvalue weighted by Gasteiger charge is -2.10. The van der Waals surface area contributed by atoms with E-state index in [1.807, 2.05) is 0 Å². The number of hydrogen-bond acceptors (Lipinski definition) is 4. The van der Waals surface area contributed by atoms with Gasteiger partial charge in [0.05, 0.1) is 19.3 Å². The van der Waals surface area contributed by atoms with Crippen LogP contribution in [0.15, 0.2) is 35.1 Å². The van der Waals surface area contributed by atoms with Gasteiger partial charge in [-0.15, -0.1) is 0 Å². The molecule has 0 aliphatic carbocycles. The zero-order valence-corrected chi connectivity index (χ0v) is 11.2. The number of carbonyl (C=O) groups is 1. The fourth-order valence-electron chi connectivity index (χ4n) is 1.93. The molecule has 0 saturated carbocycles. The minimum Gasteiger partial charge on any atom is -0.497 e. The van der Waals surface area contributed by atoms with E-state index in [1.165, 1.54) is 29.9 Å². The number of carboxylic acids is 1. The normalized spacial score (nSPS) is 10.3. The lowest BCUT2D eigenvalue weighted by molar-refractivity contribution is 0.0684. The first kappa shape index (κ1) is 13.8. The topological polar surface area (TPSA) is 81.4 Å². The van der Waals surface area contributed by atoms with Crippen LogP contribution in [0, 0.1) is 6.92 Å². The number of carboxylic acid groups (broad SMARTS) is 1. The smallest absolute Gasteiger partial charge is 0.352 e. The molecule has 0 spiro atoms. The number of methoxy groups -OCH3 is 1. The summed E-state index contributed by atoms with van der Waals surface area (Å²) in [7, 11) is 1.54. The number of aromatic nitrogens is 2. The molecule has 2 rings (SSSR count). The van der Waals surface area contributed by atoms with Crippen LogP contribution in [-0.4, -0.2) is 27.7 Å². The molecule has 0 saturated heterocycles. The van der Waals surface area contributed by atoms with E-state index >= 15 is 0 Å². The molecule has 0 aliphatic rings. The highest BCUT2D eigenvalue weighted by Gasteiger charge is 2.12. The van der Waals surface area contributed by atoms with Crippen molar-refractivity contribution in [3.05, 3.63) is 57.8 Å². The van der Waals surface area contributed by atoms with Crippen LogP contribution in [0.5, 0.6) is 5.75 Å². The summed E-state index contributed by atoms with van der Waals surface area (Å²) in [6, 6.07) is 7.57. The van der Waals surface area contributed by atoms with Crippen LogP contribution in [0.25, 0.3) is 0 Å². The fraction of sp³-hybridized carbons (Fsp3) is 0.214. The molecule has 0 bridgehead atoms. The predicted octanol–water partition coefficient (Wildman–Crippen LogP) is 1.31. The van der Waals surface area contributed by atoms with Gasteiger partial charge in [-0.3, -0.25) is 14.3 Å².